The number of fused-ring (bicyclic) bond motifs is 1. The summed E-state index contributed by atoms with van der Waals surface area (Å²) in [4.78, 5) is 27.6. The average molecular weight is 394 g/mol. The van der Waals surface area contributed by atoms with E-state index in [1.54, 1.807) is 23.6 Å². The lowest BCUT2D eigenvalue weighted by Gasteiger charge is -2.34. The minimum Gasteiger partial charge on any atom is -0.444 e. The largest absolute Gasteiger partial charge is 0.444 e. The lowest BCUT2D eigenvalue weighted by Crippen LogP contribution is -2.47. The Morgan fingerprint density at radius 3 is 2.90 bits per heavy atom. The molecule has 8 nitrogen and oxygen atoms in total. The summed E-state index contributed by atoms with van der Waals surface area (Å²) in [6.45, 7) is 6.93. The molecule has 0 spiro atoms. The number of ether oxygens (including phenoxy) is 1. The number of piperidine rings is 1. The van der Waals surface area contributed by atoms with E-state index in [0.717, 1.165) is 23.9 Å². The van der Waals surface area contributed by atoms with Crippen molar-refractivity contribution in [1.29, 1.82) is 0 Å². The lowest BCUT2D eigenvalue weighted by molar-refractivity contribution is 0.0206. The first-order chi connectivity index (χ1) is 13.9. The van der Waals surface area contributed by atoms with Gasteiger partial charge in [0.05, 0.1) is 23.4 Å². The van der Waals surface area contributed by atoms with Crippen LogP contribution in [-0.2, 0) is 4.74 Å². The van der Waals surface area contributed by atoms with Gasteiger partial charge in [0.2, 0.25) is 0 Å². The highest BCUT2D eigenvalue weighted by molar-refractivity contribution is 5.76. The number of aromatic nitrogens is 4. The van der Waals surface area contributed by atoms with Crippen LogP contribution >= 0.6 is 0 Å². The quantitative estimate of drug-likeness (QED) is 0.730. The SMILES string of the molecule is CC(C)(C)OC(=O)N1CCCC(Nc2cncc(-n3cnc4ccccc43)n2)C1. The van der Waals surface area contributed by atoms with Crippen LogP contribution in [0.15, 0.2) is 43.0 Å². The highest BCUT2D eigenvalue weighted by atomic mass is 16.6. The second-order valence-electron chi connectivity index (χ2n) is 8.28. The molecular weight excluding hydrogens is 368 g/mol. The zero-order valence-electron chi connectivity index (χ0n) is 17.0. The van der Waals surface area contributed by atoms with E-state index in [2.05, 4.69) is 15.3 Å². The Labute approximate surface area is 169 Å². The molecule has 1 N–H and O–H groups in total. The molecule has 1 unspecified atom stereocenters. The number of hydrogen-bond acceptors (Lipinski definition) is 6. The Bertz CT molecular complexity index is 1010. The molecule has 0 radical (unpaired) electrons. The van der Waals surface area contributed by atoms with Gasteiger partial charge in [-0.05, 0) is 45.7 Å². The molecule has 2 aromatic heterocycles. The van der Waals surface area contributed by atoms with Crippen LogP contribution in [0.5, 0.6) is 0 Å². The van der Waals surface area contributed by atoms with E-state index >= 15 is 0 Å². The van der Waals surface area contributed by atoms with Crippen molar-refractivity contribution in [1.82, 2.24) is 24.4 Å². The Balaban J connectivity index is 1.47. The zero-order chi connectivity index (χ0) is 20.4. The molecule has 1 atom stereocenters. The summed E-state index contributed by atoms with van der Waals surface area (Å²) >= 11 is 0. The van der Waals surface area contributed by atoms with Crippen LogP contribution < -0.4 is 5.32 Å². The van der Waals surface area contributed by atoms with Crippen molar-refractivity contribution in [3.63, 3.8) is 0 Å². The predicted molar refractivity (Wildman–Crippen MR) is 111 cm³/mol. The van der Waals surface area contributed by atoms with Crippen molar-refractivity contribution < 1.29 is 9.53 Å². The molecule has 0 saturated carbocycles. The van der Waals surface area contributed by atoms with Gasteiger partial charge < -0.3 is 15.0 Å². The number of imidazole rings is 1. The van der Waals surface area contributed by atoms with Gasteiger partial charge in [0.25, 0.3) is 0 Å². The van der Waals surface area contributed by atoms with Gasteiger partial charge in [-0.25, -0.2) is 14.8 Å². The summed E-state index contributed by atoms with van der Waals surface area (Å²) in [7, 11) is 0. The van der Waals surface area contributed by atoms with Crippen LogP contribution in [0.25, 0.3) is 16.9 Å². The molecule has 0 aliphatic carbocycles. The van der Waals surface area contributed by atoms with E-state index in [4.69, 9.17) is 9.72 Å². The van der Waals surface area contributed by atoms with Crippen LogP contribution in [0.3, 0.4) is 0 Å². The van der Waals surface area contributed by atoms with Crippen LogP contribution in [0.1, 0.15) is 33.6 Å². The van der Waals surface area contributed by atoms with Crippen molar-refractivity contribution in [2.75, 3.05) is 18.4 Å². The van der Waals surface area contributed by atoms with Gasteiger partial charge >= 0.3 is 6.09 Å². The topological polar surface area (TPSA) is 85.2 Å². The summed E-state index contributed by atoms with van der Waals surface area (Å²) in [6, 6.07) is 8.01. The van der Waals surface area contributed by atoms with E-state index in [1.807, 2.05) is 49.6 Å². The third kappa shape index (κ3) is 4.47. The van der Waals surface area contributed by atoms with Crippen LogP contribution in [0, 0.1) is 0 Å². The first kappa shape index (κ1) is 19.2. The number of carbonyl (C=O) groups is 1. The number of nitrogens with zero attached hydrogens (tertiary/aromatic N) is 5. The molecule has 4 rings (SSSR count). The van der Waals surface area contributed by atoms with Crippen LogP contribution in [0.2, 0.25) is 0 Å². The standard InChI is InChI=1S/C21H26N6O2/c1-21(2,3)29-20(28)26-10-6-7-15(13-26)24-18-11-22-12-19(25-18)27-14-23-16-8-4-5-9-17(16)27/h4-5,8-9,11-12,14-15H,6-7,10,13H2,1-3H3,(H,24,25). The van der Waals surface area contributed by atoms with Gasteiger partial charge in [-0.3, -0.25) is 9.55 Å². The molecule has 1 aliphatic rings. The molecule has 1 fully saturated rings. The molecular formula is C21H26N6O2. The summed E-state index contributed by atoms with van der Waals surface area (Å²) < 4.78 is 7.42. The van der Waals surface area contributed by atoms with Gasteiger partial charge in [-0.2, -0.15) is 0 Å². The molecule has 1 aliphatic heterocycles. The predicted octanol–water partition coefficient (Wildman–Crippen LogP) is 3.63. The fourth-order valence-corrected chi connectivity index (χ4v) is 3.48. The van der Waals surface area contributed by atoms with Crippen molar-refractivity contribution in [2.45, 2.75) is 45.3 Å². The second-order valence-corrected chi connectivity index (χ2v) is 8.28. The third-order valence-electron chi connectivity index (χ3n) is 4.75. The number of hydrogen-bond donors (Lipinski definition) is 1. The summed E-state index contributed by atoms with van der Waals surface area (Å²) in [5.41, 5.74) is 1.39. The number of amides is 1. The highest BCUT2D eigenvalue weighted by Gasteiger charge is 2.27. The Morgan fingerprint density at radius 1 is 1.24 bits per heavy atom. The number of anilines is 1. The third-order valence-corrected chi connectivity index (χ3v) is 4.75. The molecule has 3 heterocycles. The van der Waals surface area contributed by atoms with Crippen LogP contribution in [0.4, 0.5) is 10.6 Å². The van der Waals surface area contributed by atoms with Crippen molar-refractivity contribution in [2.24, 2.45) is 0 Å². The Hall–Kier alpha value is -3.16. The molecule has 1 amide bonds. The number of rotatable bonds is 3. The molecule has 1 saturated heterocycles. The van der Waals surface area contributed by atoms with Gasteiger partial charge in [0.1, 0.15) is 17.7 Å². The Kier molecular flexibility index (Phi) is 5.08. The molecule has 1 aromatic carbocycles. The second kappa shape index (κ2) is 7.69. The molecule has 152 valence electrons. The average Bonchev–Trinajstić information content (AvgIpc) is 3.11. The van der Waals surface area contributed by atoms with Gasteiger partial charge in [0, 0.05) is 19.1 Å². The fraction of sp³-hybridized carbons (Fsp3) is 0.429. The first-order valence-corrected chi connectivity index (χ1v) is 9.88. The molecule has 29 heavy (non-hydrogen) atoms. The summed E-state index contributed by atoms with van der Waals surface area (Å²) in [6.07, 6.45) is 6.77. The summed E-state index contributed by atoms with van der Waals surface area (Å²) in [5, 5.41) is 3.42. The van der Waals surface area contributed by atoms with Crippen molar-refractivity contribution in [3.05, 3.63) is 43.0 Å². The maximum atomic E-state index is 12.4. The number of para-hydroxylation sites is 2. The molecule has 8 heteroatoms. The van der Waals surface area contributed by atoms with E-state index in [1.165, 1.54) is 0 Å². The van der Waals surface area contributed by atoms with E-state index in [9.17, 15) is 4.79 Å². The maximum absolute atomic E-state index is 12.4. The first-order valence-electron chi connectivity index (χ1n) is 9.88. The summed E-state index contributed by atoms with van der Waals surface area (Å²) in [5.74, 6) is 1.37. The minimum atomic E-state index is -0.495. The molecule has 3 aromatic rings. The van der Waals surface area contributed by atoms with Crippen LogP contribution in [-0.4, -0.2) is 55.2 Å². The normalized spacial score (nSPS) is 17.3. The lowest BCUT2D eigenvalue weighted by atomic mass is 10.1. The number of likely N-dealkylation sites (tertiary alicyclic amines) is 1. The zero-order valence-corrected chi connectivity index (χ0v) is 17.0. The van der Waals surface area contributed by atoms with E-state index < -0.39 is 5.60 Å². The van der Waals surface area contributed by atoms with E-state index in [-0.39, 0.29) is 12.1 Å². The fourth-order valence-electron chi connectivity index (χ4n) is 3.48. The van der Waals surface area contributed by atoms with Crippen molar-refractivity contribution >= 4 is 22.9 Å². The van der Waals surface area contributed by atoms with Gasteiger partial charge in [-0.15, -0.1) is 0 Å². The van der Waals surface area contributed by atoms with E-state index in [0.29, 0.717) is 24.7 Å². The minimum absolute atomic E-state index is 0.0975. The van der Waals surface area contributed by atoms with Crippen molar-refractivity contribution in [3.8, 4) is 5.82 Å². The van der Waals surface area contributed by atoms with Gasteiger partial charge in [-0.1, -0.05) is 12.1 Å². The monoisotopic (exact) mass is 394 g/mol. The highest BCUT2D eigenvalue weighted by Crippen LogP contribution is 2.20. The number of nitrogens with one attached hydrogen (secondary N) is 1. The Morgan fingerprint density at radius 2 is 2.07 bits per heavy atom. The number of benzene rings is 1. The smallest absolute Gasteiger partial charge is 0.410 e. The maximum Gasteiger partial charge on any atom is 0.410 e. The molecule has 0 bridgehead atoms. The number of carbonyl (C=O) groups excluding carboxylic acids is 1. The van der Waals surface area contributed by atoms with Gasteiger partial charge in [0.15, 0.2) is 5.82 Å².